The maximum absolute atomic E-state index is 12.2. The summed E-state index contributed by atoms with van der Waals surface area (Å²) in [6.45, 7) is 3.54. The summed E-state index contributed by atoms with van der Waals surface area (Å²) < 4.78 is 9.86. The minimum atomic E-state index is -0.697. The van der Waals surface area contributed by atoms with E-state index in [2.05, 4.69) is 4.98 Å². The molecule has 0 fully saturated rings. The monoisotopic (exact) mass is 281 g/mol. The Morgan fingerprint density at radius 1 is 1.40 bits per heavy atom. The number of ether oxygens (including phenoxy) is 2. The normalized spacial score (nSPS) is 12.4. The SMILES string of the molecule is C/C=C/CC(C)C(=O)c1c(O)c(OC)c(OC)[nH]c1=O. The van der Waals surface area contributed by atoms with E-state index in [1.807, 2.05) is 19.1 Å². The molecule has 0 spiro atoms. The van der Waals surface area contributed by atoms with Gasteiger partial charge in [0.2, 0.25) is 11.6 Å². The topological polar surface area (TPSA) is 88.6 Å². The van der Waals surface area contributed by atoms with Crippen LogP contribution in [0.4, 0.5) is 0 Å². The summed E-state index contributed by atoms with van der Waals surface area (Å²) in [4.78, 5) is 26.5. The third-order valence-electron chi connectivity index (χ3n) is 2.94. The highest BCUT2D eigenvalue weighted by atomic mass is 16.5. The summed E-state index contributed by atoms with van der Waals surface area (Å²) in [5, 5.41) is 10.1. The second kappa shape index (κ2) is 6.79. The molecular weight excluding hydrogens is 262 g/mol. The van der Waals surface area contributed by atoms with Crippen LogP contribution < -0.4 is 15.0 Å². The highest BCUT2D eigenvalue weighted by Crippen LogP contribution is 2.36. The van der Waals surface area contributed by atoms with Crippen LogP contribution in [0.25, 0.3) is 0 Å². The zero-order chi connectivity index (χ0) is 15.3. The number of methoxy groups -OCH3 is 2. The number of carbonyl (C=O) groups excluding carboxylic acids is 1. The molecule has 0 aliphatic rings. The number of carbonyl (C=O) groups is 1. The molecule has 6 nitrogen and oxygen atoms in total. The van der Waals surface area contributed by atoms with Crippen LogP contribution in [0.3, 0.4) is 0 Å². The fraction of sp³-hybridized carbons (Fsp3) is 0.429. The van der Waals surface area contributed by atoms with Crippen LogP contribution in [0.1, 0.15) is 30.6 Å². The molecule has 1 rings (SSSR count). The highest BCUT2D eigenvalue weighted by molar-refractivity contribution is 6.00. The molecule has 20 heavy (non-hydrogen) atoms. The van der Waals surface area contributed by atoms with Gasteiger partial charge in [-0.1, -0.05) is 19.1 Å². The van der Waals surface area contributed by atoms with Crippen molar-refractivity contribution in [1.29, 1.82) is 0 Å². The first kappa shape index (κ1) is 15.8. The van der Waals surface area contributed by atoms with Crippen molar-refractivity contribution in [1.82, 2.24) is 4.98 Å². The van der Waals surface area contributed by atoms with Crippen molar-refractivity contribution in [3.05, 3.63) is 28.1 Å². The van der Waals surface area contributed by atoms with Gasteiger partial charge in [0.05, 0.1) is 14.2 Å². The molecule has 0 saturated heterocycles. The fourth-order valence-electron chi connectivity index (χ4n) is 1.81. The van der Waals surface area contributed by atoms with Crippen molar-refractivity contribution < 1.29 is 19.4 Å². The van der Waals surface area contributed by atoms with Crippen molar-refractivity contribution in [2.75, 3.05) is 14.2 Å². The van der Waals surface area contributed by atoms with Gasteiger partial charge >= 0.3 is 0 Å². The smallest absolute Gasteiger partial charge is 0.265 e. The molecule has 1 aromatic heterocycles. The molecule has 0 radical (unpaired) electrons. The van der Waals surface area contributed by atoms with Crippen LogP contribution in [-0.2, 0) is 0 Å². The van der Waals surface area contributed by atoms with Gasteiger partial charge in [-0.3, -0.25) is 14.6 Å². The fourth-order valence-corrected chi connectivity index (χ4v) is 1.81. The lowest BCUT2D eigenvalue weighted by Crippen LogP contribution is -2.23. The Balaban J connectivity index is 3.31. The van der Waals surface area contributed by atoms with Crippen molar-refractivity contribution in [2.24, 2.45) is 5.92 Å². The summed E-state index contributed by atoms with van der Waals surface area (Å²) in [5.41, 5.74) is -1.00. The molecule has 2 N–H and O–H groups in total. The van der Waals surface area contributed by atoms with Crippen LogP contribution in [0, 0.1) is 5.92 Å². The largest absolute Gasteiger partial charge is 0.503 e. The number of aromatic hydroxyl groups is 1. The van der Waals surface area contributed by atoms with Crippen molar-refractivity contribution >= 4 is 5.78 Å². The van der Waals surface area contributed by atoms with Crippen molar-refractivity contribution in [2.45, 2.75) is 20.3 Å². The standard InChI is InChI=1S/C14H19NO5/c1-5-6-7-8(2)10(16)9-11(17)12(19-3)14(20-4)15-13(9)18/h5-6,8H,7H2,1-4H3,(H2,15,17,18)/b6-5+. The minimum Gasteiger partial charge on any atom is -0.503 e. The van der Waals surface area contributed by atoms with E-state index >= 15 is 0 Å². The van der Waals surface area contributed by atoms with E-state index < -0.39 is 23.0 Å². The van der Waals surface area contributed by atoms with Crippen LogP contribution in [0.15, 0.2) is 16.9 Å². The number of ketones is 1. The maximum Gasteiger partial charge on any atom is 0.265 e. The summed E-state index contributed by atoms with van der Waals surface area (Å²) >= 11 is 0. The molecule has 6 heteroatoms. The minimum absolute atomic E-state index is 0.0207. The Hall–Kier alpha value is -2.24. The van der Waals surface area contributed by atoms with Gasteiger partial charge in [-0.05, 0) is 13.3 Å². The van der Waals surface area contributed by atoms with E-state index in [0.29, 0.717) is 6.42 Å². The molecule has 1 atom stereocenters. The average Bonchev–Trinajstić information content (AvgIpc) is 2.43. The van der Waals surface area contributed by atoms with E-state index in [1.165, 1.54) is 14.2 Å². The molecule has 1 unspecified atom stereocenters. The number of allylic oxidation sites excluding steroid dienone is 2. The lowest BCUT2D eigenvalue weighted by Gasteiger charge is -2.13. The Labute approximate surface area is 117 Å². The van der Waals surface area contributed by atoms with Gasteiger partial charge in [0, 0.05) is 5.92 Å². The van der Waals surface area contributed by atoms with Crippen molar-refractivity contribution in [3.8, 4) is 17.4 Å². The molecule has 0 aromatic carbocycles. The predicted molar refractivity (Wildman–Crippen MR) is 74.8 cm³/mol. The number of aromatic nitrogens is 1. The first-order valence-corrected chi connectivity index (χ1v) is 6.20. The van der Waals surface area contributed by atoms with Crippen LogP contribution in [-0.4, -0.2) is 30.1 Å². The Morgan fingerprint density at radius 2 is 2.05 bits per heavy atom. The number of Topliss-reactive ketones (excluding diaryl/α,β-unsaturated/α-hetero) is 1. The summed E-state index contributed by atoms with van der Waals surface area (Å²) in [5.74, 6) is -1.44. The quantitative estimate of drug-likeness (QED) is 0.614. The zero-order valence-electron chi connectivity index (χ0n) is 12.0. The van der Waals surface area contributed by atoms with E-state index in [1.54, 1.807) is 6.92 Å². The highest BCUT2D eigenvalue weighted by Gasteiger charge is 2.26. The maximum atomic E-state index is 12.2. The first-order chi connectivity index (χ1) is 9.47. The number of H-pyrrole nitrogens is 1. The molecule has 0 saturated carbocycles. The molecule has 0 aliphatic carbocycles. The van der Waals surface area contributed by atoms with Gasteiger partial charge in [-0.2, -0.15) is 0 Å². The number of pyridine rings is 1. The number of rotatable bonds is 6. The Morgan fingerprint density at radius 3 is 2.55 bits per heavy atom. The van der Waals surface area contributed by atoms with Gasteiger partial charge in [-0.25, -0.2) is 0 Å². The Bertz CT molecular complexity index is 574. The molecule has 0 bridgehead atoms. The second-order valence-electron chi connectivity index (χ2n) is 4.31. The number of hydrogen-bond acceptors (Lipinski definition) is 5. The average molecular weight is 281 g/mol. The third-order valence-corrected chi connectivity index (χ3v) is 2.94. The van der Waals surface area contributed by atoms with Crippen molar-refractivity contribution in [3.63, 3.8) is 0 Å². The van der Waals surface area contributed by atoms with Gasteiger partial charge in [-0.15, -0.1) is 0 Å². The van der Waals surface area contributed by atoms with Crippen LogP contribution in [0.5, 0.6) is 17.4 Å². The van der Waals surface area contributed by atoms with Crippen LogP contribution >= 0.6 is 0 Å². The second-order valence-corrected chi connectivity index (χ2v) is 4.31. The lowest BCUT2D eigenvalue weighted by atomic mass is 9.96. The van der Waals surface area contributed by atoms with Gasteiger partial charge in [0.15, 0.2) is 11.5 Å². The summed E-state index contributed by atoms with van der Waals surface area (Å²) in [7, 11) is 2.64. The van der Waals surface area contributed by atoms with E-state index in [9.17, 15) is 14.7 Å². The molecular formula is C14H19NO5. The molecule has 1 heterocycles. The van der Waals surface area contributed by atoms with E-state index in [0.717, 1.165) is 0 Å². The third kappa shape index (κ3) is 3.01. The number of nitrogens with one attached hydrogen (secondary N) is 1. The molecule has 1 aromatic rings. The lowest BCUT2D eigenvalue weighted by molar-refractivity contribution is 0.0925. The number of hydrogen-bond donors (Lipinski definition) is 2. The van der Waals surface area contributed by atoms with Gasteiger partial charge < -0.3 is 14.6 Å². The summed E-state index contributed by atoms with van der Waals surface area (Å²) in [6, 6.07) is 0. The van der Waals surface area contributed by atoms with Gasteiger partial charge in [0.1, 0.15) is 5.56 Å². The van der Waals surface area contributed by atoms with E-state index in [-0.39, 0.29) is 17.2 Å². The molecule has 0 aliphatic heterocycles. The Kier molecular flexibility index (Phi) is 5.37. The summed E-state index contributed by atoms with van der Waals surface area (Å²) in [6.07, 6.45) is 4.14. The molecule has 110 valence electrons. The zero-order valence-corrected chi connectivity index (χ0v) is 12.0. The van der Waals surface area contributed by atoms with E-state index in [4.69, 9.17) is 9.47 Å². The predicted octanol–water partition coefficient (Wildman–Crippen LogP) is 1.88. The van der Waals surface area contributed by atoms with Crippen LogP contribution in [0.2, 0.25) is 0 Å². The van der Waals surface area contributed by atoms with Gasteiger partial charge in [0.25, 0.3) is 5.56 Å². The number of aromatic amines is 1. The molecule has 0 amide bonds. The first-order valence-electron chi connectivity index (χ1n) is 6.20.